The van der Waals surface area contributed by atoms with Gasteiger partial charge in [-0.15, -0.1) is 24.8 Å². The first kappa shape index (κ1) is 21.1. The molecule has 0 bridgehead atoms. The van der Waals surface area contributed by atoms with Crippen molar-refractivity contribution in [2.24, 2.45) is 17.4 Å². The van der Waals surface area contributed by atoms with Crippen molar-refractivity contribution >= 4 is 36.3 Å². The summed E-state index contributed by atoms with van der Waals surface area (Å²) < 4.78 is 5.52. The van der Waals surface area contributed by atoms with Crippen molar-refractivity contribution in [3.63, 3.8) is 0 Å². The zero-order valence-corrected chi connectivity index (χ0v) is 15.8. The summed E-state index contributed by atoms with van der Waals surface area (Å²) in [7, 11) is 1.70. The van der Waals surface area contributed by atoms with Gasteiger partial charge < -0.3 is 21.1 Å². The lowest BCUT2D eigenvalue weighted by Gasteiger charge is -2.44. The van der Waals surface area contributed by atoms with Crippen LogP contribution in [-0.2, 0) is 4.74 Å². The molecule has 0 saturated heterocycles. The lowest BCUT2D eigenvalue weighted by molar-refractivity contribution is 0.288. The fraction of sp³-hybridized carbons (Fsp3) is 0.556. The van der Waals surface area contributed by atoms with E-state index in [1.165, 1.54) is 32.1 Å². The summed E-state index contributed by atoms with van der Waals surface area (Å²) in [4.78, 5) is 2.31. The first-order valence-corrected chi connectivity index (χ1v) is 8.35. The molecule has 1 heterocycles. The molecular formula is C18H29Cl2N3O. The first-order valence-electron chi connectivity index (χ1n) is 8.35. The zero-order chi connectivity index (χ0) is 15.5. The number of methoxy groups -OCH3 is 1. The van der Waals surface area contributed by atoms with Crippen LogP contribution < -0.4 is 16.4 Å². The third-order valence-corrected chi connectivity index (χ3v) is 5.10. The molecule has 1 aromatic rings. The van der Waals surface area contributed by atoms with Crippen molar-refractivity contribution in [3.8, 4) is 0 Å². The standard InChI is InChI=1S/C18H27N3O.2ClH/c1-22-17-11-18(20)21(15-10-6-5-9-14(15)17)16(12-19)13-7-3-2-4-8-13;;/h5-6,9-11,13,16,18H,2-4,7-8,12,19-20H2,1H3;2*1H. The summed E-state index contributed by atoms with van der Waals surface area (Å²) in [6.45, 7) is 0.642. The average Bonchev–Trinajstić information content (AvgIpc) is 2.58. The van der Waals surface area contributed by atoms with Crippen LogP contribution in [0.15, 0.2) is 30.3 Å². The molecule has 2 unspecified atom stereocenters. The van der Waals surface area contributed by atoms with Gasteiger partial charge in [-0.1, -0.05) is 31.4 Å². The summed E-state index contributed by atoms with van der Waals surface area (Å²) in [5.41, 5.74) is 14.9. The molecule has 0 aromatic heterocycles. The van der Waals surface area contributed by atoms with Crippen molar-refractivity contribution in [1.29, 1.82) is 0 Å². The number of fused-ring (bicyclic) bond motifs is 1. The molecule has 3 rings (SSSR count). The molecule has 1 saturated carbocycles. The van der Waals surface area contributed by atoms with Gasteiger partial charge in [-0.3, -0.25) is 0 Å². The number of nitrogens with zero attached hydrogens (tertiary/aromatic N) is 1. The van der Waals surface area contributed by atoms with Crippen molar-refractivity contribution in [1.82, 2.24) is 0 Å². The smallest absolute Gasteiger partial charge is 0.127 e. The molecule has 1 fully saturated rings. The fourth-order valence-electron chi connectivity index (χ4n) is 4.02. The maximum atomic E-state index is 6.46. The number of rotatable bonds is 4. The molecule has 0 amide bonds. The Morgan fingerprint density at radius 1 is 1.17 bits per heavy atom. The summed E-state index contributed by atoms with van der Waals surface area (Å²) in [6.07, 6.45) is 8.32. The van der Waals surface area contributed by atoms with Gasteiger partial charge in [0, 0.05) is 23.8 Å². The highest BCUT2D eigenvalue weighted by Gasteiger charge is 2.34. The highest BCUT2D eigenvalue weighted by atomic mass is 35.5. The molecule has 4 N–H and O–H groups in total. The Balaban J connectivity index is 0.00000144. The van der Waals surface area contributed by atoms with E-state index in [0.717, 1.165) is 17.0 Å². The van der Waals surface area contributed by atoms with E-state index in [0.29, 0.717) is 18.5 Å². The van der Waals surface area contributed by atoms with Gasteiger partial charge in [0.15, 0.2) is 0 Å². The molecule has 1 aromatic carbocycles. The van der Waals surface area contributed by atoms with Crippen LogP contribution in [0.4, 0.5) is 5.69 Å². The second-order valence-corrected chi connectivity index (χ2v) is 6.35. The highest BCUT2D eigenvalue weighted by Crippen LogP contribution is 2.38. The third kappa shape index (κ3) is 3.99. The normalized spacial score (nSPS) is 21.7. The number of benzene rings is 1. The molecular weight excluding hydrogens is 345 g/mol. The first-order chi connectivity index (χ1) is 10.8. The van der Waals surface area contributed by atoms with Crippen LogP contribution in [0.25, 0.3) is 5.76 Å². The summed E-state index contributed by atoms with van der Waals surface area (Å²) in [5.74, 6) is 1.49. The maximum Gasteiger partial charge on any atom is 0.127 e. The monoisotopic (exact) mass is 373 g/mol. The van der Waals surface area contributed by atoms with Gasteiger partial charge in [-0.05, 0) is 37.0 Å². The van der Waals surface area contributed by atoms with Gasteiger partial charge in [0.25, 0.3) is 0 Å². The van der Waals surface area contributed by atoms with E-state index >= 15 is 0 Å². The Morgan fingerprint density at radius 3 is 2.46 bits per heavy atom. The molecule has 0 radical (unpaired) electrons. The van der Waals surface area contributed by atoms with Crippen LogP contribution in [0.3, 0.4) is 0 Å². The predicted molar refractivity (Wildman–Crippen MR) is 106 cm³/mol. The van der Waals surface area contributed by atoms with E-state index in [2.05, 4.69) is 23.1 Å². The zero-order valence-electron chi connectivity index (χ0n) is 14.2. The van der Waals surface area contributed by atoms with E-state index < -0.39 is 0 Å². The van der Waals surface area contributed by atoms with Crippen LogP contribution in [-0.4, -0.2) is 25.9 Å². The molecule has 24 heavy (non-hydrogen) atoms. The number of hydrogen-bond donors (Lipinski definition) is 2. The second-order valence-electron chi connectivity index (χ2n) is 6.35. The topological polar surface area (TPSA) is 64.5 Å². The van der Waals surface area contributed by atoms with E-state index in [-0.39, 0.29) is 31.0 Å². The van der Waals surface area contributed by atoms with Crippen LogP contribution in [0.2, 0.25) is 0 Å². The quantitative estimate of drug-likeness (QED) is 0.846. The van der Waals surface area contributed by atoms with E-state index in [9.17, 15) is 0 Å². The summed E-state index contributed by atoms with van der Waals surface area (Å²) in [6, 6.07) is 8.63. The van der Waals surface area contributed by atoms with E-state index in [4.69, 9.17) is 16.2 Å². The molecule has 1 aliphatic carbocycles. The molecule has 2 atom stereocenters. The van der Waals surface area contributed by atoms with Crippen LogP contribution in [0, 0.1) is 5.92 Å². The largest absolute Gasteiger partial charge is 0.496 e. The Bertz CT molecular complexity index is 547. The Hall–Kier alpha value is -0.940. The van der Waals surface area contributed by atoms with Gasteiger partial charge in [-0.2, -0.15) is 0 Å². The molecule has 4 nitrogen and oxygen atoms in total. The fourth-order valence-corrected chi connectivity index (χ4v) is 4.02. The van der Waals surface area contributed by atoms with Gasteiger partial charge in [0.1, 0.15) is 11.9 Å². The third-order valence-electron chi connectivity index (χ3n) is 5.10. The molecule has 136 valence electrons. The summed E-state index contributed by atoms with van der Waals surface area (Å²) >= 11 is 0. The SMILES string of the molecule is COC1=CC(N)N(C(CN)C2CCCCC2)c2ccccc21.Cl.Cl. The number of anilines is 1. The Labute approximate surface area is 157 Å². The minimum atomic E-state index is -0.180. The number of ether oxygens (including phenoxy) is 1. The minimum Gasteiger partial charge on any atom is -0.496 e. The van der Waals surface area contributed by atoms with Crippen molar-refractivity contribution in [3.05, 3.63) is 35.9 Å². The number of nitrogens with two attached hydrogens (primary N) is 2. The van der Waals surface area contributed by atoms with Crippen molar-refractivity contribution in [2.45, 2.75) is 44.3 Å². The van der Waals surface area contributed by atoms with Gasteiger partial charge in [0.05, 0.1) is 7.11 Å². The maximum absolute atomic E-state index is 6.46. The second kappa shape index (κ2) is 9.52. The molecule has 2 aliphatic rings. The predicted octanol–water partition coefficient (Wildman–Crippen LogP) is 3.53. The van der Waals surface area contributed by atoms with Crippen LogP contribution in [0.1, 0.15) is 37.7 Å². The van der Waals surface area contributed by atoms with Gasteiger partial charge in [0.2, 0.25) is 0 Å². The highest BCUT2D eigenvalue weighted by molar-refractivity contribution is 5.85. The van der Waals surface area contributed by atoms with Crippen molar-refractivity contribution < 1.29 is 4.74 Å². The van der Waals surface area contributed by atoms with Gasteiger partial charge >= 0.3 is 0 Å². The lowest BCUT2D eigenvalue weighted by Crippen LogP contribution is -2.55. The molecule has 0 spiro atoms. The number of hydrogen-bond acceptors (Lipinski definition) is 4. The Morgan fingerprint density at radius 2 is 1.83 bits per heavy atom. The Kier molecular flexibility index (Phi) is 8.37. The minimum absolute atomic E-state index is 0. The molecule has 6 heteroatoms. The molecule has 1 aliphatic heterocycles. The van der Waals surface area contributed by atoms with Crippen LogP contribution in [0.5, 0.6) is 0 Å². The van der Waals surface area contributed by atoms with E-state index in [1.54, 1.807) is 7.11 Å². The van der Waals surface area contributed by atoms with Crippen LogP contribution >= 0.6 is 24.8 Å². The van der Waals surface area contributed by atoms with Gasteiger partial charge in [-0.25, -0.2) is 0 Å². The summed E-state index contributed by atoms with van der Waals surface area (Å²) in [5, 5.41) is 0. The number of halogens is 2. The number of para-hydroxylation sites is 1. The lowest BCUT2D eigenvalue weighted by atomic mass is 9.82. The van der Waals surface area contributed by atoms with Crippen molar-refractivity contribution in [2.75, 3.05) is 18.6 Å². The average molecular weight is 374 g/mol. The van der Waals surface area contributed by atoms with E-state index in [1.807, 2.05) is 12.1 Å².